The first-order valence-electron chi connectivity index (χ1n) is 4.32. The number of hydrogen-bond acceptors (Lipinski definition) is 2. The minimum Gasteiger partial charge on any atom is -0.482 e. The minimum atomic E-state index is -1.34. The van der Waals surface area contributed by atoms with E-state index in [4.69, 9.17) is 9.84 Å². The average Bonchev–Trinajstić information content (AvgIpc) is 2.15. The lowest BCUT2D eigenvalue weighted by Crippen LogP contribution is -2.15. The molecule has 1 aromatic carbocycles. The highest BCUT2D eigenvalue weighted by Gasteiger charge is 2.25. The van der Waals surface area contributed by atoms with Gasteiger partial charge in [0.15, 0.2) is 0 Å². The summed E-state index contributed by atoms with van der Waals surface area (Å²) in [4.78, 5) is 10.9. The molecule has 15 heavy (non-hydrogen) atoms. The number of carbonyl (C=O) groups is 1. The third-order valence-electron chi connectivity index (χ3n) is 1.99. The number of benzene rings is 1. The van der Waals surface area contributed by atoms with E-state index in [1.807, 2.05) is 0 Å². The van der Waals surface area contributed by atoms with Crippen LogP contribution in [0.15, 0.2) is 31.0 Å². The fourth-order valence-corrected chi connectivity index (χ4v) is 1.32. The zero-order valence-corrected chi connectivity index (χ0v) is 8.24. The van der Waals surface area contributed by atoms with Crippen LogP contribution in [0, 0.1) is 12.7 Å². The molecule has 0 aliphatic rings. The van der Waals surface area contributed by atoms with E-state index < -0.39 is 17.9 Å². The van der Waals surface area contributed by atoms with E-state index >= 15 is 0 Å². The molecule has 1 N–H and O–H groups in total. The number of rotatable bonds is 4. The van der Waals surface area contributed by atoms with E-state index in [0.29, 0.717) is 5.56 Å². The fourth-order valence-electron chi connectivity index (χ4n) is 1.32. The standard InChI is InChI=1S/C11H11FO3/c1-3-15-10(11(13)14)9-7(2)5-4-6-8(9)12/h3-6,10H,1H2,2H3,(H,13,14). The van der Waals surface area contributed by atoms with Crippen molar-refractivity contribution in [3.05, 3.63) is 48.0 Å². The highest BCUT2D eigenvalue weighted by Crippen LogP contribution is 2.24. The van der Waals surface area contributed by atoms with Gasteiger partial charge in [0.05, 0.1) is 6.26 Å². The lowest BCUT2D eigenvalue weighted by molar-refractivity contribution is -0.147. The van der Waals surface area contributed by atoms with E-state index in [-0.39, 0.29) is 5.56 Å². The third kappa shape index (κ3) is 2.34. The average molecular weight is 210 g/mol. The molecular formula is C11H11FO3. The predicted octanol–water partition coefficient (Wildman–Crippen LogP) is 2.42. The molecule has 1 rings (SSSR count). The zero-order chi connectivity index (χ0) is 11.4. The monoisotopic (exact) mass is 210 g/mol. The Morgan fingerprint density at radius 3 is 2.80 bits per heavy atom. The van der Waals surface area contributed by atoms with Crippen molar-refractivity contribution < 1.29 is 19.0 Å². The van der Waals surface area contributed by atoms with Crippen molar-refractivity contribution in [1.82, 2.24) is 0 Å². The van der Waals surface area contributed by atoms with Crippen LogP contribution in [-0.2, 0) is 9.53 Å². The summed E-state index contributed by atoms with van der Waals surface area (Å²) in [5.74, 6) is -1.84. The van der Waals surface area contributed by atoms with Crippen molar-refractivity contribution in [2.75, 3.05) is 0 Å². The van der Waals surface area contributed by atoms with Gasteiger partial charge in [-0.25, -0.2) is 9.18 Å². The summed E-state index contributed by atoms with van der Waals surface area (Å²) in [5, 5.41) is 8.87. The summed E-state index contributed by atoms with van der Waals surface area (Å²) in [6.45, 7) is 4.89. The number of aryl methyl sites for hydroxylation is 1. The Hall–Kier alpha value is -1.84. The quantitative estimate of drug-likeness (QED) is 0.776. The Morgan fingerprint density at radius 2 is 2.33 bits per heavy atom. The molecule has 80 valence electrons. The summed E-state index contributed by atoms with van der Waals surface area (Å²) >= 11 is 0. The van der Waals surface area contributed by atoms with Crippen LogP contribution in [0.5, 0.6) is 0 Å². The predicted molar refractivity (Wildman–Crippen MR) is 52.8 cm³/mol. The van der Waals surface area contributed by atoms with Crippen LogP contribution < -0.4 is 0 Å². The molecule has 1 unspecified atom stereocenters. The normalized spacial score (nSPS) is 11.9. The molecule has 1 atom stereocenters. The van der Waals surface area contributed by atoms with Crippen LogP contribution in [-0.4, -0.2) is 11.1 Å². The maximum atomic E-state index is 13.4. The van der Waals surface area contributed by atoms with Gasteiger partial charge in [-0.05, 0) is 18.6 Å². The Kier molecular flexibility index (Phi) is 3.44. The zero-order valence-electron chi connectivity index (χ0n) is 8.24. The molecule has 3 nitrogen and oxygen atoms in total. The second-order valence-corrected chi connectivity index (χ2v) is 2.99. The van der Waals surface area contributed by atoms with Crippen molar-refractivity contribution in [2.45, 2.75) is 13.0 Å². The molecule has 0 aliphatic heterocycles. The summed E-state index contributed by atoms with van der Waals surface area (Å²) < 4.78 is 18.2. The molecule has 4 heteroatoms. The number of hydrogen-bond donors (Lipinski definition) is 1. The number of carboxylic acid groups (broad SMARTS) is 1. The fraction of sp³-hybridized carbons (Fsp3) is 0.182. The first kappa shape index (κ1) is 11.2. The SMILES string of the molecule is C=COC(C(=O)O)c1c(C)cccc1F. The Bertz CT molecular complexity index is 367. The Balaban J connectivity index is 3.21. The van der Waals surface area contributed by atoms with E-state index in [1.54, 1.807) is 13.0 Å². The number of carboxylic acids is 1. The van der Waals surface area contributed by atoms with Gasteiger partial charge in [0.1, 0.15) is 5.82 Å². The summed E-state index contributed by atoms with van der Waals surface area (Å²) in [7, 11) is 0. The topological polar surface area (TPSA) is 46.5 Å². The van der Waals surface area contributed by atoms with Crippen molar-refractivity contribution >= 4 is 5.97 Å². The lowest BCUT2D eigenvalue weighted by atomic mass is 10.0. The van der Waals surface area contributed by atoms with Crippen LogP contribution in [0.3, 0.4) is 0 Å². The van der Waals surface area contributed by atoms with Gasteiger partial charge in [-0.15, -0.1) is 0 Å². The van der Waals surface area contributed by atoms with Crippen LogP contribution in [0.2, 0.25) is 0 Å². The van der Waals surface area contributed by atoms with Crippen molar-refractivity contribution in [1.29, 1.82) is 0 Å². The van der Waals surface area contributed by atoms with E-state index in [9.17, 15) is 9.18 Å². The molecule has 0 saturated carbocycles. The molecule has 0 bridgehead atoms. The Labute approximate surface area is 86.8 Å². The highest BCUT2D eigenvalue weighted by atomic mass is 19.1. The summed E-state index contributed by atoms with van der Waals surface area (Å²) in [6.07, 6.45) is -0.353. The highest BCUT2D eigenvalue weighted by molar-refractivity contribution is 5.75. The van der Waals surface area contributed by atoms with Crippen LogP contribution in [0.25, 0.3) is 0 Å². The maximum absolute atomic E-state index is 13.4. The molecule has 0 heterocycles. The van der Waals surface area contributed by atoms with Gasteiger partial charge in [-0.1, -0.05) is 18.7 Å². The number of halogens is 1. The first-order valence-corrected chi connectivity index (χ1v) is 4.32. The molecule has 0 aliphatic carbocycles. The van der Waals surface area contributed by atoms with Gasteiger partial charge >= 0.3 is 5.97 Å². The van der Waals surface area contributed by atoms with E-state index in [1.165, 1.54) is 12.1 Å². The smallest absolute Gasteiger partial charge is 0.349 e. The third-order valence-corrected chi connectivity index (χ3v) is 1.99. The molecule has 0 spiro atoms. The largest absolute Gasteiger partial charge is 0.482 e. The van der Waals surface area contributed by atoms with Gasteiger partial charge < -0.3 is 9.84 Å². The second-order valence-electron chi connectivity index (χ2n) is 2.99. The summed E-state index contributed by atoms with van der Waals surface area (Å²) in [5.41, 5.74) is 0.564. The summed E-state index contributed by atoms with van der Waals surface area (Å²) in [6, 6.07) is 4.34. The molecule has 0 aromatic heterocycles. The number of ether oxygens (including phenoxy) is 1. The van der Waals surface area contributed by atoms with E-state index in [0.717, 1.165) is 6.26 Å². The lowest BCUT2D eigenvalue weighted by Gasteiger charge is -2.15. The molecule has 0 saturated heterocycles. The van der Waals surface area contributed by atoms with Gasteiger partial charge in [0.25, 0.3) is 0 Å². The van der Waals surface area contributed by atoms with Gasteiger partial charge in [0.2, 0.25) is 6.10 Å². The maximum Gasteiger partial charge on any atom is 0.349 e. The molecule has 0 radical (unpaired) electrons. The molecular weight excluding hydrogens is 199 g/mol. The van der Waals surface area contributed by atoms with E-state index in [2.05, 4.69) is 6.58 Å². The minimum absolute atomic E-state index is 0.0323. The molecule has 0 amide bonds. The Morgan fingerprint density at radius 1 is 1.67 bits per heavy atom. The van der Waals surface area contributed by atoms with Crippen LogP contribution >= 0.6 is 0 Å². The molecule has 0 fully saturated rings. The van der Waals surface area contributed by atoms with Gasteiger partial charge in [-0.2, -0.15) is 0 Å². The van der Waals surface area contributed by atoms with Gasteiger partial charge in [-0.3, -0.25) is 0 Å². The number of aliphatic carboxylic acids is 1. The van der Waals surface area contributed by atoms with Crippen molar-refractivity contribution in [3.63, 3.8) is 0 Å². The van der Waals surface area contributed by atoms with Crippen LogP contribution in [0.4, 0.5) is 4.39 Å². The molecule has 1 aromatic rings. The van der Waals surface area contributed by atoms with Crippen molar-refractivity contribution in [3.8, 4) is 0 Å². The first-order chi connectivity index (χ1) is 7.07. The van der Waals surface area contributed by atoms with Crippen LogP contribution in [0.1, 0.15) is 17.2 Å². The van der Waals surface area contributed by atoms with Crippen molar-refractivity contribution in [2.24, 2.45) is 0 Å². The second kappa shape index (κ2) is 4.59. The van der Waals surface area contributed by atoms with Gasteiger partial charge in [0, 0.05) is 5.56 Å².